The zero-order valence-corrected chi connectivity index (χ0v) is 13.7. The first kappa shape index (κ1) is 14.7. The van der Waals surface area contributed by atoms with E-state index in [-0.39, 0.29) is 6.04 Å². The Morgan fingerprint density at radius 2 is 2.19 bits per heavy atom. The van der Waals surface area contributed by atoms with Gasteiger partial charge >= 0.3 is 0 Å². The molecule has 112 valence electrons. The molecule has 2 atom stereocenters. The van der Waals surface area contributed by atoms with E-state index in [9.17, 15) is 0 Å². The second kappa shape index (κ2) is 6.67. The Morgan fingerprint density at radius 1 is 1.33 bits per heavy atom. The molecule has 0 fully saturated rings. The molecule has 0 aliphatic carbocycles. The van der Waals surface area contributed by atoms with E-state index in [1.807, 2.05) is 18.2 Å². The fourth-order valence-corrected chi connectivity index (χ4v) is 3.31. The van der Waals surface area contributed by atoms with Crippen LogP contribution in [0.15, 0.2) is 45.5 Å². The van der Waals surface area contributed by atoms with Crippen molar-refractivity contribution in [2.24, 2.45) is 5.92 Å². The molecule has 1 aliphatic heterocycles. The van der Waals surface area contributed by atoms with Crippen LogP contribution in [-0.2, 0) is 6.42 Å². The summed E-state index contributed by atoms with van der Waals surface area (Å²) in [7, 11) is 0. The third-order valence-electron chi connectivity index (χ3n) is 3.92. The highest BCUT2D eigenvalue weighted by molar-refractivity contribution is 9.10. The van der Waals surface area contributed by atoms with Gasteiger partial charge in [-0.05, 0) is 53.0 Å². The Labute approximate surface area is 133 Å². The third kappa shape index (κ3) is 3.16. The maximum Gasteiger partial charge on any atom is 0.135 e. The molecule has 2 aromatic rings. The number of nitrogens with one attached hydrogen (secondary N) is 1. The van der Waals surface area contributed by atoms with E-state index in [0.29, 0.717) is 12.5 Å². The van der Waals surface area contributed by atoms with Gasteiger partial charge in [0.25, 0.3) is 0 Å². The molecule has 1 aromatic carbocycles. The minimum absolute atomic E-state index is 0.169. The Morgan fingerprint density at radius 3 is 2.95 bits per heavy atom. The van der Waals surface area contributed by atoms with Crippen molar-refractivity contribution in [3.63, 3.8) is 0 Å². The van der Waals surface area contributed by atoms with Crippen molar-refractivity contribution >= 4 is 15.9 Å². The van der Waals surface area contributed by atoms with Gasteiger partial charge in [0.1, 0.15) is 11.5 Å². The lowest BCUT2D eigenvalue weighted by Gasteiger charge is -2.31. The van der Waals surface area contributed by atoms with Crippen LogP contribution in [0.25, 0.3) is 0 Å². The Kier molecular flexibility index (Phi) is 4.66. The molecule has 0 spiro atoms. The SMILES string of the molecule is CCCNC(c1occc1Br)C1COc2ccccc2C1. The van der Waals surface area contributed by atoms with Crippen molar-refractivity contribution in [3.05, 3.63) is 52.4 Å². The zero-order chi connectivity index (χ0) is 14.7. The van der Waals surface area contributed by atoms with Gasteiger partial charge in [-0.1, -0.05) is 25.1 Å². The van der Waals surface area contributed by atoms with Crippen LogP contribution in [-0.4, -0.2) is 13.2 Å². The first-order valence-electron chi connectivity index (χ1n) is 7.46. The quantitative estimate of drug-likeness (QED) is 0.871. The van der Waals surface area contributed by atoms with Gasteiger partial charge in [0.15, 0.2) is 0 Å². The summed E-state index contributed by atoms with van der Waals surface area (Å²) in [4.78, 5) is 0. The molecule has 1 aromatic heterocycles. The van der Waals surface area contributed by atoms with Crippen LogP contribution in [0, 0.1) is 5.92 Å². The second-order valence-electron chi connectivity index (χ2n) is 5.45. The van der Waals surface area contributed by atoms with Crippen LogP contribution in [0.4, 0.5) is 0 Å². The molecule has 3 nitrogen and oxygen atoms in total. The highest BCUT2D eigenvalue weighted by atomic mass is 79.9. The van der Waals surface area contributed by atoms with Crippen molar-refractivity contribution in [3.8, 4) is 5.75 Å². The van der Waals surface area contributed by atoms with Gasteiger partial charge < -0.3 is 14.5 Å². The van der Waals surface area contributed by atoms with E-state index in [1.54, 1.807) is 6.26 Å². The lowest BCUT2D eigenvalue weighted by atomic mass is 9.89. The summed E-state index contributed by atoms with van der Waals surface area (Å²) < 4.78 is 12.7. The topological polar surface area (TPSA) is 34.4 Å². The van der Waals surface area contributed by atoms with Crippen LogP contribution in [0.2, 0.25) is 0 Å². The predicted molar refractivity (Wildman–Crippen MR) is 86.6 cm³/mol. The van der Waals surface area contributed by atoms with E-state index in [2.05, 4.69) is 40.3 Å². The van der Waals surface area contributed by atoms with Crippen LogP contribution in [0.3, 0.4) is 0 Å². The predicted octanol–water partition coefficient (Wildman–Crippen LogP) is 4.33. The van der Waals surface area contributed by atoms with Crippen molar-refractivity contribution in [1.82, 2.24) is 5.32 Å². The number of benzene rings is 1. The summed E-state index contributed by atoms with van der Waals surface area (Å²) in [6.07, 6.45) is 3.83. The number of hydrogen-bond acceptors (Lipinski definition) is 3. The first-order chi connectivity index (χ1) is 10.3. The normalized spacial score (nSPS) is 18.9. The Hall–Kier alpha value is -1.26. The van der Waals surface area contributed by atoms with Crippen molar-refractivity contribution < 1.29 is 9.15 Å². The first-order valence-corrected chi connectivity index (χ1v) is 8.26. The minimum atomic E-state index is 0.169. The second-order valence-corrected chi connectivity index (χ2v) is 6.30. The lowest BCUT2D eigenvalue weighted by molar-refractivity contribution is 0.172. The minimum Gasteiger partial charge on any atom is -0.493 e. The summed E-state index contributed by atoms with van der Waals surface area (Å²) >= 11 is 3.58. The number of para-hydroxylation sites is 1. The van der Waals surface area contributed by atoms with E-state index < -0.39 is 0 Å². The number of furan rings is 1. The molecule has 0 radical (unpaired) electrons. The van der Waals surface area contributed by atoms with Gasteiger partial charge in [-0.3, -0.25) is 0 Å². The highest BCUT2D eigenvalue weighted by Crippen LogP contribution is 2.36. The lowest BCUT2D eigenvalue weighted by Crippen LogP contribution is -2.35. The molecule has 0 bridgehead atoms. The zero-order valence-electron chi connectivity index (χ0n) is 12.1. The summed E-state index contributed by atoms with van der Waals surface area (Å²) in [6.45, 7) is 3.86. The number of halogens is 1. The summed E-state index contributed by atoms with van der Waals surface area (Å²) in [5.74, 6) is 2.35. The average Bonchev–Trinajstić information content (AvgIpc) is 2.94. The number of fused-ring (bicyclic) bond motifs is 1. The van der Waals surface area contributed by atoms with E-state index in [0.717, 1.165) is 35.4 Å². The monoisotopic (exact) mass is 349 g/mol. The van der Waals surface area contributed by atoms with E-state index in [1.165, 1.54) is 5.56 Å². The van der Waals surface area contributed by atoms with E-state index in [4.69, 9.17) is 9.15 Å². The smallest absolute Gasteiger partial charge is 0.135 e. The van der Waals surface area contributed by atoms with Gasteiger partial charge in [0.05, 0.1) is 23.4 Å². The highest BCUT2D eigenvalue weighted by Gasteiger charge is 2.31. The Balaban J connectivity index is 1.83. The van der Waals surface area contributed by atoms with Gasteiger partial charge in [0, 0.05) is 5.92 Å². The van der Waals surface area contributed by atoms with Crippen LogP contribution < -0.4 is 10.1 Å². The molecule has 0 saturated heterocycles. The Bertz CT molecular complexity index is 596. The molecular weight excluding hydrogens is 330 g/mol. The molecule has 3 rings (SSSR count). The number of ether oxygens (including phenoxy) is 1. The molecule has 1 aliphatic rings. The van der Waals surface area contributed by atoms with Crippen LogP contribution in [0.1, 0.15) is 30.7 Å². The number of hydrogen-bond donors (Lipinski definition) is 1. The maximum atomic E-state index is 5.94. The third-order valence-corrected chi connectivity index (χ3v) is 4.58. The molecule has 4 heteroatoms. The fourth-order valence-electron chi connectivity index (χ4n) is 2.87. The summed E-state index contributed by atoms with van der Waals surface area (Å²) in [5, 5.41) is 3.61. The van der Waals surface area contributed by atoms with Crippen molar-refractivity contribution in [1.29, 1.82) is 0 Å². The van der Waals surface area contributed by atoms with Crippen LogP contribution in [0.5, 0.6) is 5.75 Å². The molecule has 2 heterocycles. The van der Waals surface area contributed by atoms with E-state index >= 15 is 0 Å². The summed E-state index contributed by atoms with van der Waals surface area (Å²) in [5.41, 5.74) is 1.28. The van der Waals surface area contributed by atoms with Gasteiger partial charge in [-0.15, -0.1) is 0 Å². The van der Waals surface area contributed by atoms with Gasteiger partial charge in [0.2, 0.25) is 0 Å². The molecule has 0 amide bonds. The molecule has 21 heavy (non-hydrogen) atoms. The van der Waals surface area contributed by atoms with Gasteiger partial charge in [-0.2, -0.15) is 0 Å². The summed E-state index contributed by atoms with van der Waals surface area (Å²) in [6, 6.07) is 10.4. The van der Waals surface area contributed by atoms with Gasteiger partial charge in [-0.25, -0.2) is 0 Å². The number of rotatable bonds is 5. The fraction of sp³-hybridized carbons (Fsp3) is 0.412. The van der Waals surface area contributed by atoms with Crippen molar-refractivity contribution in [2.45, 2.75) is 25.8 Å². The molecule has 0 saturated carbocycles. The van der Waals surface area contributed by atoms with Crippen LogP contribution >= 0.6 is 15.9 Å². The average molecular weight is 350 g/mol. The van der Waals surface area contributed by atoms with Crippen molar-refractivity contribution in [2.75, 3.05) is 13.2 Å². The molecular formula is C17H20BrNO2. The molecule has 2 unspecified atom stereocenters. The largest absolute Gasteiger partial charge is 0.493 e. The molecule has 1 N–H and O–H groups in total. The standard InChI is InChI=1S/C17H20BrNO2/c1-2-8-19-16(17-14(18)7-9-20-17)13-10-12-5-3-4-6-15(12)21-11-13/h3-7,9,13,16,19H,2,8,10-11H2,1H3. The maximum absolute atomic E-state index is 5.94.